The van der Waals surface area contributed by atoms with Gasteiger partial charge in [-0.25, -0.2) is 4.79 Å². The molecule has 0 radical (unpaired) electrons. The predicted molar refractivity (Wildman–Crippen MR) is 119 cm³/mol. The normalized spacial score (nSPS) is 10.9. The maximum atomic E-state index is 13.2. The number of phenols is 1. The Bertz CT molecular complexity index is 843. The summed E-state index contributed by atoms with van der Waals surface area (Å²) in [4.78, 5) is 31.4. The van der Waals surface area contributed by atoms with Crippen LogP contribution in [0, 0.1) is 0 Å². The molecule has 0 aliphatic rings. The monoisotopic (exact) mass is 411 g/mol. The first-order valence-corrected chi connectivity index (χ1v) is 10.9. The summed E-state index contributed by atoms with van der Waals surface area (Å²) >= 11 is 0. The summed E-state index contributed by atoms with van der Waals surface area (Å²) in [6, 6.07) is 11.7. The standard InChI is InChI=1S/C25H33NO4/c1-4-7-8-9-13-19-20(24(28)22-14-10-11-17-23(22)27)15-12-16-21(19)25(29)30-26-18(5-2)6-3/h10-12,14-18,26-27H,4-9,13H2,1-3H3. The van der Waals surface area contributed by atoms with Crippen molar-refractivity contribution in [1.29, 1.82) is 0 Å². The molecular weight excluding hydrogens is 378 g/mol. The van der Waals surface area contributed by atoms with Crippen molar-refractivity contribution >= 4 is 11.8 Å². The van der Waals surface area contributed by atoms with Gasteiger partial charge in [0, 0.05) is 11.6 Å². The van der Waals surface area contributed by atoms with Gasteiger partial charge in [0.25, 0.3) is 0 Å². The number of carbonyl (C=O) groups is 2. The van der Waals surface area contributed by atoms with Gasteiger partial charge < -0.3 is 9.94 Å². The molecule has 0 fully saturated rings. The molecule has 0 unspecified atom stereocenters. The molecule has 30 heavy (non-hydrogen) atoms. The molecule has 0 spiro atoms. The number of unbranched alkanes of at least 4 members (excludes halogenated alkanes) is 3. The summed E-state index contributed by atoms with van der Waals surface area (Å²) in [5, 5.41) is 10.1. The summed E-state index contributed by atoms with van der Waals surface area (Å²) < 4.78 is 0. The Labute approximate surface area is 179 Å². The molecule has 0 saturated carbocycles. The number of ketones is 1. The van der Waals surface area contributed by atoms with Gasteiger partial charge in [0.15, 0.2) is 5.78 Å². The first-order chi connectivity index (χ1) is 14.5. The van der Waals surface area contributed by atoms with Crippen LogP contribution in [0.4, 0.5) is 0 Å². The molecule has 2 aromatic rings. The van der Waals surface area contributed by atoms with E-state index in [4.69, 9.17) is 4.84 Å². The lowest BCUT2D eigenvalue weighted by Crippen LogP contribution is -2.31. The molecule has 0 amide bonds. The first-order valence-electron chi connectivity index (χ1n) is 10.9. The van der Waals surface area contributed by atoms with Gasteiger partial charge in [0.05, 0.1) is 11.1 Å². The molecule has 0 heterocycles. The number of rotatable bonds is 12. The van der Waals surface area contributed by atoms with E-state index in [0.29, 0.717) is 23.1 Å². The molecule has 0 bridgehead atoms. The number of para-hydroxylation sites is 1. The van der Waals surface area contributed by atoms with Crippen LogP contribution in [0.25, 0.3) is 0 Å². The molecule has 5 heteroatoms. The third kappa shape index (κ3) is 6.17. The minimum Gasteiger partial charge on any atom is -0.507 e. The maximum absolute atomic E-state index is 13.2. The molecular formula is C25H33NO4. The van der Waals surface area contributed by atoms with Gasteiger partial charge in [-0.05, 0) is 49.4 Å². The van der Waals surface area contributed by atoms with Crippen LogP contribution in [-0.2, 0) is 11.3 Å². The van der Waals surface area contributed by atoms with Gasteiger partial charge in [0.1, 0.15) is 5.75 Å². The topological polar surface area (TPSA) is 75.6 Å². The van der Waals surface area contributed by atoms with Gasteiger partial charge in [-0.2, -0.15) is 0 Å². The molecule has 0 aliphatic heterocycles. The molecule has 0 saturated heterocycles. The van der Waals surface area contributed by atoms with Gasteiger partial charge in [-0.1, -0.05) is 64.3 Å². The number of benzene rings is 2. The highest BCUT2D eigenvalue weighted by atomic mass is 16.7. The molecule has 0 aliphatic carbocycles. The number of aromatic hydroxyl groups is 1. The van der Waals surface area contributed by atoms with Gasteiger partial charge in [-0.15, -0.1) is 5.48 Å². The van der Waals surface area contributed by atoms with Crippen molar-refractivity contribution in [2.24, 2.45) is 0 Å². The number of carbonyl (C=O) groups excluding carboxylic acids is 2. The molecule has 2 aromatic carbocycles. The lowest BCUT2D eigenvalue weighted by molar-refractivity contribution is 0.0144. The van der Waals surface area contributed by atoms with Gasteiger partial charge >= 0.3 is 5.97 Å². The van der Waals surface area contributed by atoms with Crippen LogP contribution in [0.2, 0.25) is 0 Å². The Morgan fingerprint density at radius 2 is 1.57 bits per heavy atom. The van der Waals surface area contributed by atoms with Crippen LogP contribution in [0.5, 0.6) is 5.75 Å². The highest BCUT2D eigenvalue weighted by molar-refractivity contribution is 6.12. The fraction of sp³-hybridized carbons (Fsp3) is 0.440. The van der Waals surface area contributed by atoms with E-state index in [1.54, 1.807) is 36.4 Å². The molecule has 2 N–H and O–H groups in total. The predicted octanol–water partition coefficient (Wildman–Crippen LogP) is 5.60. The van der Waals surface area contributed by atoms with Gasteiger partial charge in [0.2, 0.25) is 0 Å². The SMILES string of the molecule is CCCCCCc1c(C(=O)ONC(CC)CC)cccc1C(=O)c1ccccc1O. The van der Waals surface area contributed by atoms with E-state index in [9.17, 15) is 14.7 Å². The number of phenolic OH excluding ortho intramolecular Hbond substituents is 1. The second kappa shape index (κ2) is 12.1. The quantitative estimate of drug-likeness (QED) is 0.270. The number of hydrogen-bond acceptors (Lipinski definition) is 5. The summed E-state index contributed by atoms with van der Waals surface area (Å²) in [5.41, 5.74) is 4.57. The van der Waals surface area contributed by atoms with Crippen molar-refractivity contribution in [3.05, 3.63) is 64.7 Å². The zero-order valence-electron chi connectivity index (χ0n) is 18.2. The van der Waals surface area contributed by atoms with E-state index in [2.05, 4.69) is 12.4 Å². The fourth-order valence-corrected chi connectivity index (χ4v) is 3.45. The van der Waals surface area contributed by atoms with E-state index in [1.807, 2.05) is 13.8 Å². The van der Waals surface area contributed by atoms with Crippen LogP contribution in [0.3, 0.4) is 0 Å². The second-order valence-electron chi connectivity index (χ2n) is 7.51. The zero-order valence-corrected chi connectivity index (χ0v) is 18.2. The molecule has 5 nitrogen and oxygen atoms in total. The van der Waals surface area contributed by atoms with E-state index >= 15 is 0 Å². The van der Waals surface area contributed by atoms with Crippen molar-refractivity contribution in [3.8, 4) is 5.75 Å². The summed E-state index contributed by atoms with van der Waals surface area (Å²) in [6.07, 6.45) is 6.40. The van der Waals surface area contributed by atoms with Crippen molar-refractivity contribution in [2.75, 3.05) is 0 Å². The van der Waals surface area contributed by atoms with E-state index in [-0.39, 0.29) is 23.1 Å². The largest absolute Gasteiger partial charge is 0.507 e. The van der Waals surface area contributed by atoms with Crippen LogP contribution in [-0.4, -0.2) is 22.9 Å². The Balaban J connectivity index is 2.36. The molecule has 162 valence electrons. The smallest absolute Gasteiger partial charge is 0.357 e. The summed E-state index contributed by atoms with van der Waals surface area (Å²) in [5.74, 6) is -0.844. The molecule has 0 atom stereocenters. The van der Waals surface area contributed by atoms with E-state index in [1.165, 1.54) is 6.07 Å². The maximum Gasteiger partial charge on any atom is 0.357 e. The lowest BCUT2D eigenvalue weighted by Gasteiger charge is -2.17. The van der Waals surface area contributed by atoms with Crippen molar-refractivity contribution < 1.29 is 19.5 Å². The van der Waals surface area contributed by atoms with Gasteiger partial charge in [-0.3, -0.25) is 4.79 Å². The fourth-order valence-electron chi connectivity index (χ4n) is 3.45. The third-order valence-electron chi connectivity index (χ3n) is 5.37. The van der Waals surface area contributed by atoms with Crippen molar-refractivity contribution in [3.63, 3.8) is 0 Å². The third-order valence-corrected chi connectivity index (χ3v) is 5.37. The van der Waals surface area contributed by atoms with Crippen LogP contribution >= 0.6 is 0 Å². The number of hydroxylamine groups is 1. The lowest BCUT2D eigenvalue weighted by atomic mass is 9.91. The van der Waals surface area contributed by atoms with Crippen LogP contribution in [0.1, 0.15) is 91.1 Å². The molecule has 0 aromatic heterocycles. The highest BCUT2D eigenvalue weighted by Gasteiger charge is 2.22. The van der Waals surface area contributed by atoms with E-state index in [0.717, 1.165) is 38.5 Å². The Morgan fingerprint density at radius 1 is 0.900 bits per heavy atom. The van der Waals surface area contributed by atoms with Crippen molar-refractivity contribution in [2.45, 2.75) is 71.8 Å². The zero-order chi connectivity index (χ0) is 21.9. The summed E-state index contributed by atoms with van der Waals surface area (Å²) in [7, 11) is 0. The number of hydrogen-bond donors (Lipinski definition) is 2. The van der Waals surface area contributed by atoms with Crippen LogP contribution in [0.15, 0.2) is 42.5 Å². The molecule has 2 rings (SSSR count). The minimum atomic E-state index is -0.487. The second-order valence-corrected chi connectivity index (χ2v) is 7.51. The number of nitrogens with one attached hydrogen (secondary N) is 1. The first kappa shape index (κ1) is 23.6. The van der Waals surface area contributed by atoms with Crippen molar-refractivity contribution in [1.82, 2.24) is 5.48 Å². The Hall–Kier alpha value is -2.66. The highest BCUT2D eigenvalue weighted by Crippen LogP contribution is 2.25. The summed E-state index contributed by atoms with van der Waals surface area (Å²) in [6.45, 7) is 6.20. The Kier molecular flexibility index (Phi) is 9.55. The minimum absolute atomic E-state index is 0.0668. The van der Waals surface area contributed by atoms with E-state index < -0.39 is 5.97 Å². The Morgan fingerprint density at radius 3 is 2.23 bits per heavy atom. The average Bonchev–Trinajstić information content (AvgIpc) is 2.77. The van der Waals surface area contributed by atoms with Crippen LogP contribution < -0.4 is 5.48 Å². The average molecular weight is 412 g/mol.